The molecule has 2 unspecified atom stereocenters. The Morgan fingerprint density at radius 3 is 2.43 bits per heavy atom. The summed E-state index contributed by atoms with van der Waals surface area (Å²) in [7, 11) is 1.91. The van der Waals surface area contributed by atoms with Crippen molar-refractivity contribution in [3.8, 4) is 12.1 Å². The van der Waals surface area contributed by atoms with Crippen molar-refractivity contribution >= 4 is 17.4 Å². The number of nitro benzene ring substituents is 1. The zero-order valence-corrected chi connectivity index (χ0v) is 15.0. The molecule has 9 nitrogen and oxygen atoms in total. The number of carbonyl (C=O) groups is 1. The summed E-state index contributed by atoms with van der Waals surface area (Å²) >= 11 is 0. The predicted octanol–water partition coefficient (Wildman–Crippen LogP) is -0.818. The first-order valence-electron chi connectivity index (χ1n) is 8.64. The van der Waals surface area contributed by atoms with Gasteiger partial charge in [0.1, 0.15) is 0 Å². The molecule has 1 saturated carbocycles. The van der Waals surface area contributed by atoms with Crippen molar-refractivity contribution in [1.29, 1.82) is 15.9 Å². The van der Waals surface area contributed by atoms with Crippen LogP contribution in [0.5, 0.6) is 0 Å². The number of aliphatic carboxylic acids is 1. The molecular formula is C19H17N5O4. The Labute approximate surface area is 160 Å². The highest BCUT2D eigenvalue weighted by Gasteiger charge is 2.58. The molecule has 4 atom stereocenters. The summed E-state index contributed by atoms with van der Waals surface area (Å²) in [6.07, 6.45) is 1.75. The van der Waals surface area contributed by atoms with Crippen LogP contribution in [0.25, 0.3) is 0 Å². The number of carboxylic acids is 1. The van der Waals surface area contributed by atoms with Crippen LogP contribution in [0.2, 0.25) is 0 Å². The number of nitriles is 2. The average Bonchev–Trinajstić information content (AvgIpc) is 2.67. The molecule has 0 bridgehead atoms. The second-order valence-corrected chi connectivity index (χ2v) is 7.20. The number of fused-ring (bicyclic) bond motifs is 1. The number of quaternary nitrogens is 1. The lowest BCUT2D eigenvalue weighted by Gasteiger charge is -2.47. The summed E-state index contributed by atoms with van der Waals surface area (Å²) in [4.78, 5) is 23.3. The normalized spacial score (nSPS) is 28.2. The molecule has 1 fully saturated rings. The number of non-ortho nitro benzene ring substituents is 1. The molecule has 28 heavy (non-hydrogen) atoms. The second-order valence-electron chi connectivity index (χ2n) is 7.20. The fourth-order valence-corrected chi connectivity index (χ4v) is 4.35. The van der Waals surface area contributed by atoms with Gasteiger partial charge in [0.2, 0.25) is 0 Å². The van der Waals surface area contributed by atoms with Gasteiger partial charge in [-0.1, -0.05) is 12.1 Å². The highest BCUT2D eigenvalue weighted by Crippen LogP contribution is 2.52. The molecule has 0 radical (unpaired) electrons. The molecule has 3 rings (SSSR count). The maximum Gasteiger partial charge on any atom is 0.269 e. The summed E-state index contributed by atoms with van der Waals surface area (Å²) in [5, 5.41) is 50.9. The fraction of sp³-hybridized carbons (Fsp3) is 0.368. The Morgan fingerprint density at radius 1 is 1.32 bits per heavy atom. The lowest BCUT2D eigenvalue weighted by molar-refractivity contribution is -0.878. The van der Waals surface area contributed by atoms with Crippen LogP contribution in [0.1, 0.15) is 11.5 Å². The predicted molar refractivity (Wildman–Crippen MR) is 93.9 cm³/mol. The van der Waals surface area contributed by atoms with Crippen LogP contribution in [0.3, 0.4) is 0 Å². The van der Waals surface area contributed by atoms with Crippen molar-refractivity contribution in [2.75, 3.05) is 20.1 Å². The van der Waals surface area contributed by atoms with Crippen molar-refractivity contribution in [3.05, 3.63) is 51.6 Å². The van der Waals surface area contributed by atoms with Crippen LogP contribution in [0.15, 0.2) is 35.9 Å². The topological polar surface area (TPSA) is 159 Å². The molecule has 2 aliphatic rings. The number of likely N-dealkylation sites (N-methyl/N-ethyl adjacent to an activating group) is 1. The van der Waals surface area contributed by atoms with Crippen molar-refractivity contribution in [2.45, 2.75) is 5.92 Å². The van der Waals surface area contributed by atoms with Gasteiger partial charge in [0.05, 0.1) is 54.8 Å². The van der Waals surface area contributed by atoms with E-state index in [9.17, 15) is 30.5 Å². The standard InChI is InChI=1S/C19H17N5O4/c1-23-7-6-13-14(8-23)16(11-2-4-12(5-3-11)24(27)28)19(9-20,10-21)17(22)15(13)18(25)26/h2-6,14-16,22H,7-8H2,1H3,(H,25,26)/t14-,15?,16+/m1/s1. The third kappa shape index (κ3) is 2.73. The maximum atomic E-state index is 11.8. The van der Waals surface area contributed by atoms with Gasteiger partial charge in [-0.15, -0.1) is 0 Å². The molecule has 9 heteroatoms. The monoisotopic (exact) mass is 379 g/mol. The number of carboxylic acid groups (broad SMARTS) is 1. The molecule has 0 amide bonds. The van der Waals surface area contributed by atoms with Crippen LogP contribution in [0, 0.1) is 55.4 Å². The minimum absolute atomic E-state index is 0.135. The van der Waals surface area contributed by atoms with Crippen molar-refractivity contribution in [3.63, 3.8) is 0 Å². The summed E-state index contributed by atoms with van der Waals surface area (Å²) in [5.41, 5.74) is -1.69. The Balaban J connectivity index is 2.24. The molecule has 0 saturated heterocycles. The Kier molecular flexibility index (Phi) is 4.72. The van der Waals surface area contributed by atoms with E-state index in [-0.39, 0.29) is 5.69 Å². The number of hydrogen-bond acceptors (Lipinski definition) is 7. The number of hydrogen-bond donors (Lipinski definition) is 2. The molecule has 1 aliphatic heterocycles. The highest BCUT2D eigenvalue weighted by molar-refractivity contribution is 6.09. The summed E-state index contributed by atoms with van der Waals surface area (Å²) in [6.45, 7) is 1.03. The van der Waals surface area contributed by atoms with Crippen LogP contribution < -0.4 is 10.0 Å². The molecule has 2 N–H and O–H groups in total. The fourth-order valence-electron chi connectivity index (χ4n) is 4.35. The first kappa shape index (κ1) is 19.2. The SMILES string of the molecule is C[NH+]1CC=C2C(C(=O)[O-])C(=N)C(C#N)(C#N)[C@@H](c3ccc([N+](=O)[O-])cc3)[C@@H]2C1. The Morgan fingerprint density at radius 2 is 1.93 bits per heavy atom. The number of rotatable bonds is 3. The molecular weight excluding hydrogens is 362 g/mol. The molecule has 1 aromatic rings. The van der Waals surface area contributed by atoms with Crippen LogP contribution in [0.4, 0.5) is 5.69 Å². The molecule has 0 aromatic heterocycles. The van der Waals surface area contributed by atoms with E-state index in [1.165, 1.54) is 24.3 Å². The van der Waals surface area contributed by atoms with E-state index in [0.717, 1.165) is 4.90 Å². The number of nitro groups is 1. The number of nitrogens with one attached hydrogen (secondary N) is 2. The quantitative estimate of drug-likeness (QED) is 0.396. The van der Waals surface area contributed by atoms with Gasteiger partial charge in [-0.2, -0.15) is 10.5 Å². The van der Waals surface area contributed by atoms with Crippen LogP contribution in [-0.2, 0) is 4.79 Å². The van der Waals surface area contributed by atoms with Gasteiger partial charge in [0.15, 0.2) is 5.41 Å². The van der Waals surface area contributed by atoms with Crippen molar-refractivity contribution in [2.24, 2.45) is 17.3 Å². The molecule has 1 heterocycles. The van der Waals surface area contributed by atoms with Gasteiger partial charge in [0, 0.05) is 24.0 Å². The van der Waals surface area contributed by atoms with Gasteiger partial charge >= 0.3 is 0 Å². The lowest BCUT2D eigenvalue weighted by atomic mass is 9.54. The maximum absolute atomic E-state index is 11.8. The zero-order chi connectivity index (χ0) is 20.6. The summed E-state index contributed by atoms with van der Waals surface area (Å²) in [6, 6.07) is 9.29. The molecule has 1 aliphatic carbocycles. The molecule has 142 valence electrons. The summed E-state index contributed by atoms with van der Waals surface area (Å²) < 4.78 is 0. The first-order valence-corrected chi connectivity index (χ1v) is 8.64. The third-order valence-corrected chi connectivity index (χ3v) is 5.65. The highest BCUT2D eigenvalue weighted by atomic mass is 16.6. The summed E-state index contributed by atoms with van der Waals surface area (Å²) in [5.74, 6) is -4.22. The van der Waals surface area contributed by atoms with Gasteiger partial charge in [-0.25, -0.2) is 0 Å². The zero-order valence-electron chi connectivity index (χ0n) is 15.0. The van der Waals surface area contributed by atoms with E-state index in [0.29, 0.717) is 24.2 Å². The van der Waals surface area contributed by atoms with Gasteiger partial charge in [0.25, 0.3) is 5.69 Å². The second kappa shape index (κ2) is 6.87. The van der Waals surface area contributed by atoms with Crippen molar-refractivity contribution < 1.29 is 19.7 Å². The van der Waals surface area contributed by atoms with Crippen LogP contribution >= 0.6 is 0 Å². The largest absolute Gasteiger partial charge is 0.549 e. The minimum Gasteiger partial charge on any atom is -0.549 e. The van der Waals surface area contributed by atoms with E-state index in [1.807, 2.05) is 19.2 Å². The van der Waals surface area contributed by atoms with E-state index in [4.69, 9.17) is 5.41 Å². The van der Waals surface area contributed by atoms with E-state index in [1.54, 1.807) is 6.08 Å². The number of benzene rings is 1. The number of carbonyl (C=O) groups excluding carboxylic acids is 1. The van der Waals surface area contributed by atoms with E-state index >= 15 is 0 Å². The third-order valence-electron chi connectivity index (χ3n) is 5.65. The smallest absolute Gasteiger partial charge is 0.269 e. The first-order chi connectivity index (χ1) is 13.3. The van der Waals surface area contributed by atoms with Gasteiger partial charge < -0.3 is 20.2 Å². The van der Waals surface area contributed by atoms with Gasteiger partial charge in [-0.05, 0) is 17.2 Å². The van der Waals surface area contributed by atoms with E-state index in [2.05, 4.69) is 0 Å². The molecule has 1 aromatic carbocycles. The van der Waals surface area contributed by atoms with Gasteiger partial charge in [-0.3, -0.25) is 10.1 Å². The Hall–Kier alpha value is -3.56. The lowest BCUT2D eigenvalue weighted by Crippen LogP contribution is -3.10. The average molecular weight is 379 g/mol. The Bertz CT molecular complexity index is 956. The van der Waals surface area contributed by atoms with Crippen LogP contribution in [-0.4, -0.2) is 36.7 Å². The van der Waals surface area contributed by atoms with E-state index < -0.39 is 39.8 Å². The number of nitrogens with zero attached hydrogens (tertiary/aromatic N) is 3. The molecule has 0 spiro atoms. The van der Waals surface area contributed by atoms with Crippen molar-refractivity contribution in [1.82, 2.24) is 0 Å². The minimum atomic E-state index is -2.00.